The molecule has 84 valence electrons. The fourth-order valence-electron chi connectivity index (χ4n) is 2.19. The third-order valence-corrected chi connectivity index (χ3v) is 3.38. The van der Waals surface area contributed by atoms with Gasteiger partial charge in [0.25, 0.3) is 0 Å². The van der Waals surface area contributed by atoms with Crippen LogP contribution < -0.4 is 11.1 Å². The van der Waals surface area contributed by atoms with E-state index in [1.54, 1.807) is 0 Å². The first kappa shape index (κ1) is 12.0. The molecule has 0 spiro atoms. The van der Waals surface area contributed by atoms with Crippen LogP contribution in [0.2, 0.25) is 0 Å². The minimum atomic E-state index is 0.149. The molecule has 0 bridgehead atoms. The van der Waals surface area contributed by atoms with Gasteiger partial charge >= 0.3 is 0 Å². The molecule has 0 radical (unpaired) electrons. The summed E-state index contributed by atoms with van der Waals surface area (Å²) < 4.78 is 0. The Morgan fingerprint density at radius 3 is 2.43 bits per heavy atom. The number of hydrogen-bond acceptors (Lipinski definition) is 2. The molecule has 3 unspecified atom stereocenters. The summed E-state index contributed by atoms with van der Waals surface area (Å²) in [6.07, 6.45) is 2.57. The largest absolute Gasteiger partial charge is 0.329 e. The highest BCUT2D eigenvalue weighted by atomic mass is 15.0. The predicted octanol–water partition coefficient (Wildman–Crippen LogP) is 2.00. The van der Waals surface area contributed by atoms with E-state index in [-0.39, 0.29) is 5.54 Å². The molecular formula is C12H26N2. The van der Waals surface area contributed by atoms with Crippen molar-refractivity contribution < 1.29 is 0 Å². The summed E-state index contributed by atoms with van der Waals surface area (Å²) in [5, 5.41) is 3.64. The lowest BCUT2D eigenvalue weighted by atomic mass is 9.90. The molecule has 1 aliphatic rings. The van der Waals surface area contributed by atoms with E-state index in [0.29, 0.717) is 5.92 Å². The van der Waals surface area contributed by atoms with Gasteiger partial charge in [0.1, 0.15) is 0 Å². The summed E-state index contributed by atoms with van der Waals surface area (Å²) >= 11 is 0. The van der Waals surface area contributed by atoms with Crippen LogP contribution in [0.5, 0.6) is 0 Å². The monoisotopic (exact) mass is 198 g/mol. The van der Waals surface area contributed by atoms with Gasteiger partial charge in [0.2, 0.25) is 0 Å². The van der Waals surface area contributed by atoms with Crippen molar-refractivity contribution in [3.05, 3.63) is 0 Å². The van der Waals surface area contributed by atoms with Gasteiger partial charge in [-0.2, -0.15) is 0 Å². The number of hydrogen-bond donors (Lipinski definition) is 2. The summed E-state index contributed by atoms with van der Waals surface area (Å²) in [4.78, 5) is 0. The SMILES string of the molecule is CC(C)CC(C)(CN)NCC1CC1C. The van der Waals surface area contributed by atoms with Crippen LogP contribution in [0.25, 0.3) is 0 Å². The van der Waals surface area contributed by atoms with Gasteiger partial charge in [-0.05, 0) is 44.1 Å². The molecule has 0 heterocycles. The highest BCUT2D eigenvalue weighted by Gasteiger charge is 2.34. The molecule has 1 fully saturated rings. The molecule has 0 aliphatic heterocycles. The first-order chi connectivity index (χ1) is 6.47. The van der Waals surface area contributed by atoms with Crippen molar-refractivity contribution in [3.63, 3.8) is 0 Å². The van der Waals surface area contributed by atoms with Crippen molar-refractivity contribution in [1.29, 1.82) is 0 Å². The molecular weight excluding hydrogens is 172 g/mol. The second-order valence-electron chi connectivity index (χ2n) is 5.72. The Kier molecular flexibility index (Phi) is 3.96. The van der Waals surface area contributed by atoms with Crippen molar-refractivity contribution in [2.24, 2.45) is 23.5 Å². The van der Waals surface area contributed by atoms with E-state index in [0.717, 1.165) is 24.9 Å². The third-order valence-electron chi connectivity index (χ3n) is 3.38. The van der Waals surface area contributed by atoms with Gasteiger partial charge in [-0.1, -0.05) is 20.8 Å². The molecule has 14 heavy (non-hydrogen) atoms. The molecule has 1 rings (SSSR count). The first-order valence-corrected chi connectivity index (χ1v) is 5.92. The van der Waals surface area contributed by atoms with E-state index in [9.17, 15) is 0 Å². The van der Waals surface area contributed by atoms with Crippen molar-refractivity contribution in [1.82, 2.24) is 5.32 Å². The Morgan fingerprint density at radius 2 is 2.07 bits per heavy atom. The van der Waals surface area contributed by atoms with Gasteiger partial charge in [0, 0.05) is 12.1 Å². The van der Waals surface area contributed by atoms with Crippen LogP contribution in [-0.4, -0.2) is 18.6 Å². The predicted molar refractivity (Wildman–Crippen MR) is 62.2 cm³/mol. The molecule has 2 nitrogen and oxygen atoms in total. The summed E-state index contributed by atoms with van der Waals surface area (Å²) in [6, 6.07) is 0. The van der Waals surface area contributed by atoms with Crippen molar-refractivity contribution >= 4 is 0 Å². The first-order valence-electron chi connectivity index (χ1n) is 5.92. The molecule has 1 aliphatic carbocycles. The van der Waals surface area contributed by atoms with Gasteiger partial charge < -0.3 is 11.1 Å². The van der Waals surface area contributed by atoms with Crippen LogP contribution in [0.3, 0.4) is 0 Å². The van der Waals surface area contributed by atoms with Crippen LogP contribution in [-0.2, 0) is 0 Å². The van der Waals surface area contributed by atoms with E-state index >= 15 is 0 Å². The summed E-state index contributed by atoms with van der Waals surface area (Å²) in [6.45, 7) is 11.0. The fraction of sp³-hybridized carbons (Fsp3) is 1.00. The second-order valence-corrected chi connectivity index (χ2v) is 5.72. The zero-order chi connectivity index (χ0) is 10.8. The van der Waals surface area contributed by atoms with Gasteiger partial charge in [0.05, 0.1) is 0 Å². The molecule has 1 saturated carbocycles. The third kappa shape index (κ3) is 3.58. The molecule has 2 heteroatoms. The highest BCUT2D eigenvalue weighted by Crippen LogP contribution is 2.37. The topological polar surface area (TPSA) is 38.0 Å². The Labute approximate surface area is 88.6 Å². The lowest BCUT2D eigenvalue weighted by Gasteiger charge is -2.31. The lowest BCUT2D eigenvalue weighted by molar-refractivity contribution is 0.294. The fourth-order valence-corrected chi connectivity index (χ4v) is 2.19. The number of rotatable bonds is 6. The second kappa shape index (κ2) is 4.63. The van der Waals surface area contributed by atoms with Crippen LogP contribution in [0.15, 0.2) is 0 Å². The average molecular weight is 198 g/mol. The maximum absolute atomic E-state index is 5.83. The molecule has 0 aromatic carbocycles. The minimum Gasteiger partial charge on any atom is -0.329 e. The van der Waals surface area contributed by atoms with E-state index in [4.69, 9.17) is 5.73 Å². The Hall–Kier alpha value is -0.0800. The average Bonchev–Trinajstić information content (AvgIpc) is 2.78. The Morgan fingerprint density at radius 1 is 1.50 bits per heavy atom. The standard InChI is InChI=1S/C12H26N2/c1-9(2)6-12(4,8-13)14-7-11-5-10(11)3/h9-11,14H,5-8,13H2,1-4H3. The van der Waals surface area contributed by atoms with Crippen molar-refractivity contribution in [2.75, 3.05) is 13.1 Å². The number of nitrogens with two attached hydrogens (primary N) is 1. The minimum absolute atomic E-state index is 0.149. The van der Waals surface area contributed by atoms with E-state index in [2.05, 4.69) is 33.0 Å². The maximum Gasteiger partial charge on any atom is 0.0278 e. The molecule has 0 aromatic rings. The van der Waals surface area contributed by atoms with Crippen molar-refractivity contribution in [3.8, 4) is 0 Å². The van der Waals surface area contributed by atoms with E-state index < -0.39 is 0 Å². The molecule has 0 aromatic heterocycles. The van der Waals surface area contributed by atoms with Crippen molar-refractivity contribution in [2.45, 2.75) is 46.1 Å². The molecule has 3 atom stereocenters. The normalized spacial score (nSPS) is 30.4. The highest BCUT2D eigenvalue weighted by molar-refractivity contribution is 4.90. The van der Waals surface area contributed by atoms with Crippen LogP contribution >= 0.6 is 0 Å². The quantitative estimate of drug-likeness (QED) is 0.685. The Balaban J connectivity index is 2.28. The Bertz CT molecular complexity index is 179. The van der Waals surface area contributed by atoms with E-state index in [1.807, 2.05) is 0 Å². The summed E-state index contributed by atoms with van der Waals surface area (Å²) in [5.74, 6) is 2.56. The van der Waals surface area contributed by atoms with Gasteiger partial charge in [0.15, 0.2) is 0 Å². The smallest absolute Gasteiger partial charge is 0.0278 e. The van der Waals surface area contributed by atoms with Gasteiger partial charge in [-0.3, -0.25) is 0 Å². The summed E-state index contributed by atoms with van der Waals surface area (Å²) in [7, 11) is 0. The molecule has 3 N–H and O–H groups in total. The zero-order valence-electron chi connectivity index (χ0n) is 10.1. The molecule has 0 saturated heterocycles. The lowest BCUT2D eigenvalue weighted by Crippen LogP contribution is -2.50. The van der Waals surface area contributed by atoms with Gasteiger partial charge in [-0.25, -0.2) is 0 Å². The van der Waals surface area contributed by atoms with Crippen LogP contribution in [0, 0.1) is 17.8 Å². The molecule has 0 amide bonds. The number of nitrogens with one attached hydrogen (secondary N) is 1. The zero-order valence-corrected chi connectivity index (χ0v) is 10.1. The van der Waals surface area contributed by atoms with E-state index in [1.165, 1.54) is 12.8 Å². The van der Waals surface area contributed by atoms with Gasteiger partial charge in [-0.15, -0.1) is 0 Å². The van der Waals surface area contributed by atoms with Crippen LogP contribution in [0.4, 0.5) is 0 Å². The maximum atomic E-state index is 5.83. The van der Waals surface area contributed by atoms with Crippen LogP contribution in [0.1, 0.15) is 40.5 Å². The summed E-state index contributed by atoms with van der Waals surface area (Å²) in [5.41, 5.74) is 5.98.